The lowest BCUT2D eigenvalue weighted by Gasteiger charge is -2.14. The van der Waals surface area contributed by atoms with Crippen molar-refractivity contribution in [1.82, 2.24) is 5.32 Å². The van der Waals surface area contributed by atoms with Gasteiger partial charge >= 0.3 is 0 Å². The molecule has 0 saturated carbocycles. The second-order valence-electron chi connectivity index (χ2n) is 4.25. The molecule has 0 bridgehead atoms. The van der Waals surface area contributed by atoms with Crippen LogP contribution < -0.4 is 5.32 Å². The van der Waals surface area contributed by atoms with Crippen LogP contribution in [-0.4, -0.2) is 0 Å². The first-order valence-electron chi connectivity index (χ1n) is 5.68. The Hall–Kier alpha value is -0.640. The van der Waals surface area contributed by atoms with Gasteiger partial charge in [-0.05, 0) is 41.4 Å². The molecule has 0 fully saturated rings. The lowest BCUT2D eigenvalue weighted by Crippen LogP contribution is -2.17. The molecule has 17 heavy (non-hydrogen) atoms. The second-order valence-corrected chi connectivity index (χ2v) is 6.16. The van der Waals surface area contributed by atoms with Gasteiger partial charge in [0.05, 0.1) is 0 Å². The predicted octanol–water partition coefficient (Wildman–Crippen LogP) is 4.67. The van der Waals surface area contributed by atoms with E-state index < -0.39 is 0 Å². The summed E-state index contributed by atoms with van der Waals surface area (Å²) in [7, 11) is 0. The topological polar surface area (TPSA) is 12.0 Å². The third-order valence-corrected chi connectivity index (χ3v) is 4.44. The van der Waals surface area contributed by atoms with Crippen LogP contribution in [-0.2, 0) is 6.54 Å². The Morgan fingerprint density at radius 3 is 2.82 bits per heavy atom. The van der Waals surface area contributed by atoms with Gasteiger partial charge in [0.1, 0.15) is 0 Å². The van der Waals surface area contributed by atoms with Gasteiger partial charge in [0.15, 0.2) is 0 Å². The number of benzene rings is 1. The summed E-state index contributed by atoms with van der Waals surface area (Å²) in [6, 6.07) is 11.2. The zero-order valence-electron chi connectivity index (χ0n) is 10.0. The highest BCUT2D eigenvalue weighted by atomic mass is 79.9. The third kappa shape index (κ3) is 3.66. The molecule has 3 heteroatoms. The van der Waals surface area contributed by atoms with Crippen molar-refractivity contribution in [2.75, 3.05) is 0 Å². The van der Waals surface area contributed by atoms with E-state index in [0.717, 1.165) is 6.54 Å². The average Bonchev–Trinajstić information content (AvgIpc) is 2.72. The first kappa shape index (κ1) is 12.8. The van der Waals surface area contributed by atoms with Crippen molar-refractivity contribution in [3.63, 3.8) is 0 Å². The highest BCUT2D eigenvalue weighted by Crippen LogP contribution is 2.21. The number of rotatable bonds is 4. The fraction of sp³-hybridized carbons (Fsp3) is 0.286. The van der Waals surface area contributed by atoms with E-state index >= 15 is 0 Å². The van der Waals surface area contributed by atoms with Crippen LogP contribution >= 0.6 is 27.3 Å². The molecule has 0 amide bonds. The summed E-state index contributed by atoms with van der Waals surface area (Å²) in [6.07, 6.45) is 0. The Morgan fingerprint density at radius 2 is 2.18 bits per heavy atom. The monoisotopic (exact) mass is 309 g/mol. The molecule has 0 aliphatic carbocycles. The maximum Gasteiger partial charge on any atom is 0.0305 e. The van der Waals surface area contributed by atoms with E-state index in [1.165, 1.54) is 20.5 Å². The smallest absolute Gasteiger partial charge is 0.0305 e. The summed E-state index contributed by atoms with van der Waals surface area (Å²) in [6.45, 7) is 5.26. The molecule has 0 saturated heterocycles. The Balaban J connectivity index is 1.95. The molecule has 1 aromatic heterocycles. The molecule has 1 aromatic carbocycles. The van der Waals surface area contributed by atoms with E-state index in [1.807, 2.05) is 0 Å². The SMILES string of the molecule is Cc1cccc([C@H](C)NCc2cc(Br)cs2)c1. The van der Waals surface area contributed by atoms with Gasteiger partial charge in [-0.25, -0.2) is 0 Å². The molecule has 2 rings (SSSR count). The van der Waals surface area contributed by atoms with Gasteiger partial charge in [0.2, 0.25) is 0 Å². The quantitative estimate of drug-likeness (QED) is 0.865. The minimum Gasteiger partial charge on any atom is -0.305 e. The second kappa shape index (κ2) is 5.80. The molecular weight excluding hydrogens is 294 g/mol. The van der Waals surface area contributed by atoms with Crippen LogP contribution in [0.25, 0.3) is 0 Å². The number of nitrogens with one attached hydrogen (secondary N) is 1. The summed E-state index contributed by atoms with van der Waals surface area (Å²) in [4.78, 5) is 1.36. The molecule has 0 radical (unpaired) electrons. The molecule has 1 heterocycles. The molecule has 0 aliphatic heterocycles. The van der Waals surface area contributed by atoms with E-state index in [1.54, 1.807) is 11.3 Å². The van der Waals surface area contributed by atoms with Crippen molar-refractivity contribution in [1.29, 1.82) is 0 Å². The third-order valence-electron chi connectivity index (χ3n) is 2.75. The molecule has 2 aromatic rings. The standard InChI is InChI=1S/C14H16BrNS/c1-10-4-3-5-12(6-10)11(2)16-8-14-7-13(15)9-17-14/h3-7,9,11,16H,8H2,1-2H3/t11-/m0/s1. The van der Waals surface area contributed by atoms with Crippen molar-refractivity contribution in [3.05, 3.63) is 56.2 Å². The summed E-state index contributed by atoms with van der Waals surface area (Å²) in [5.74, 6) is 0. The lowest BCUT2D eigenvalue weighted by molar-refractivity contribution is 0.578. The number of hydrogen-bond donors (Lipinski definition) is 1. The fourth-order valence-corrected chi connectivity index (χ4v) is 3.16. The van der Waals surface area contributed by atoms with Crippen molar-refractivity contribution >= 4 is 27.3 Å². The number of halogens is 1. The van der Waals surface area contributed by atoms with Crippen LogP contribution in [0.1, 0.15) is 29.0 Å². The molecular formula is C14H16BrNS. The van der Waals surface area contributed by atoms with Gasteiger partial charge in [-0.2, -0.15) is 0 Å². The predicted molar refractivity (Wildman–Crippen MR) is 78.5 cm³/mol. The Kier molecular flexibility index (Phi) is 4.37. The van der Waals surface area contributed by atoms with Crippen LogP contribution in [0.15, 0.2) is 40.2 Å². The number of thiophene rings is 1. The molecule has 0 unspecified atom stereocenters. The zero-order chi connectivity index (χ0) is 12.3. The highest BCUT2D eigenvalue weighted by Gasteiger charge is 2.05. The molecule has 90 valence electrons. The fourth-order valence-electron chi connectivity index (χ4n) is 1.76. The summed E-state index contributed by atoms with van der Waals surface area (Å²) < 4.78 is 1.17. The summed E-state index contributed by atoms with van der Waals surface area (Å²) in [5, 5.41) is 5.66. The van der Waals surface area contributed by atoms with Crippen LogP contribution in [0.3, 0.4) is 0 Å². The highest BCUT2D eigenvalue weighted by molar-refractivity contribution is 9.10. The van der Waals surface area contributed by atoms with Crippen LogP contribution in [0.4, 0.5) is 0 Å². The molecule has 0 spiro atoms. The minimum absolute atomic E-state index is 0.385. The van der Waals surface area contributed by atoms with Crippen molar-refractivity contribution in [2.45, 2.75) is 26.4 Å². The first-order valence-corrected chi connectivity index (χ1v) is 7.35. The minimum atomic E-state index is 0.385. The van der Waals surface area contributed by atoms with Gasteiger partial charge < -0.3 is 5.32 Å². The molecule has 1 atom stereocenters. The molecule has 0 aliphatic rings. The van der Waals surface area contributed by atoms with Crippen LogP contribution in [0.5, 0.6) is 0 Å². The first-order chi connectivity index (χ1) is 8.15. The lowest BCUT2D eigenvalue weighted by atomic mass is 10.1. The van der Waals surface area contributed by atoms with Crippen molar-refractivity contribution in [3.8, 4) is 0 Å². The van der Waals surface area contributed by atoms with E-state index in [9.17, 15) is 0 Å². The Bertz CT molecular complexity index is 492. The maximum atomic E-state index is 3.55. The molecule has 1 N–H and O–H groups in total. The number of hydrogen-bond acceptors (Lipinski definition) is 2. The largest absolute Gasteiger partial charge is 0.305 e. The number of aryl methyl sites for hydroxylation is 1. The van der Waals surface area contributed by atoms with Gasteiger partial charge in [-0.15, -0.1) is 11.3 Å². The molecule has 1 nitrogen and oxygen atoms in total. The average molecular weight is 310 g/mol. The van der Waals surface area contributed by atoms with Gasteiger partial charge in [0.25, 0.3) is 0 Å². The Labute approximate surface area is 115 Å². The van der Waals surface area contributed by atoms with E-state index in [0.29, 0.717) is 6.04 Å². The van der Waals surface area contributed by atoms with Crippen LogP contribution in [0, 0.1) is 6.92 Å². The Morgan fingerprint density at radius 1 is 1.35 bits per heavy atom. The van der Waals surface area contributed by atoms with Crippen molar-refractivity contribution < 1.29 is 0 Å². The van der Waals surface area contributed by atoms with E-state index in [-0.39, 0.29) is 0 Å². The van der Waals surface area contributed by atoms with Gasteiger partial charge in [-0.1, -0.05) is 29.8 Å². The summed E-state index contributed by atoms with van der Waals surface area (Å²) in [5.41, 5.74) is 2.66. The zero-order valence-corrected chi connectivity index (χ0v) is 12.4. The maximum absolute atomic E-state index is 3.55. The van der Waals surface area contributed by atoms with Crippen LogP contribution in [0.2, 0.25) is 0 Å². The van der Waals surface area contributed by atoms with Gasteiger partial charge in [0, 0.05) is 27.3 Å². The normalized spacial score (nSPS) is 12.6. The van der Waals surface area contributed by atoms with Gasteiger partial charge in [-0.3, -0.25) is 0 Å². The van der Waals surface area contributed by atoms with E-state index in [2.05, 4.69) is 70.8 Å². The van der Waals surface area contributed by atoms with Crippen molar-refractivity contribution in [2.24, 2.45) is 0 Å². The van der Waals surface area contributed by atoms with E-state index in [4.69, 9.17) is 0 Å². The summed E-state index contributed by atoms with van der Waals surface area (Å²) >= 11 is 5.26.